The monoisotopic (exact) mass is 421 g/mol. The minimum absolute atomic E-state index is 0.0474. The molecule has 1 aromatic heterocycles. The largest absolute Gasteiger partial charge is 0.372 e. The highest BCUT2D eigenvalue weighted by molar-refractivity contribution is 5.93. The van der Waals surface area contributed by atoms with Crippen molar-refractivity contribution in [3.05, 3.63) is 54.4 Å². The quantitative estimate of drug-likeness (QED) is 0.749. The summed E-state index contributed by atoms with van der Waals surface area (Å²) >= 11 is 0. The lowest BCUT2D eigenvalue weighted by molar-refractivity contribution is -0.130. The Hall–Kier alpha value is -2.93. The smallest absolute Gasteiger partial charge is 0.238 e. The Morgan fingerprint density at radius 1 is 1.03 bits per heavy atom. The minimum atomic E-state index is -0.730. The molecule has 0 saturated carbocycles. The second-order valence-corrected chi connectivity index (χ2v) is 8.48. The van der Waals surface area contributed by atoms with Crippen molar-refractivity contribution in [3.63, 3.8) is 0 Å². The van der Waals surface area contributed by atoms with E-state index in [2.05, 4.69) is 37.6 Å². The SMILES string of the molecule is CNC(=O)C1(c2ccccn2)CCCN(CC(=O)Nc2ccc(N3CCCC3)cc2)C1. The van der Waals surface area contributed by atoms with Crippen LogP contribution in [-0.2, 0) is 15.0 Å². The van der Waals surface area contributed by atoms with Crippen molar-refractivity contribution in [2.75, 3.05) is 50.0 Å². The molecule has 4 rings (SSSR count). The predicted molar refractivity (Wildman–Crippen MR) is 122 cm³/mol. The van der Waals surface area contributed by atoms with Crippen molar-refractivity contribution >= 4 is 23.2 Å². The van der Waals surface area contributed by atoms with Gasteiger partial charge in [0.25, 0.3) is 0 Å². The van der Waals surface area contributed by atoms with Crippen LogP contribution in [0.15, 0.2) is 48.7 Å². The number of likely N-dealkylation sites (tertiary alicyclic amines) is 1. The van der Waals surface area contributed by atoms with Crippen LogP contribution in [0.25, 0.3) is 0 Å². The Balaban J connectivity index is 1.40. The number of anilines is 2. The van der Waals surface area contributed by atoms with Gasteiger partial charge in [-0.2, -0.15) is 0 Å². The number of hydrogen-bond donors (Lipinski definition) is 2. The number of pyridine rings is 1. The molecule has 7 nitrogen and oxygen atoms in total. The zero-order valence-electron chi connectivity index (χ0n) is 18.1. The first-order valence-corrected chi connectivity index (χ1v) is 11.1. The summed E-state index contributed by atoms with van der Waals surface area (Å²) in [6, 6.07) is 13.7. The summed E-state index contributed by atoms with van der Waals surface area (Å²) in [5.41, 5.74) is 2.03. The molecule has 0 bridgehead atoms. The molecule has 2 aliphatic heterocycles. The first-order valence-electron chi connectivity index (χ1n) is 11.1. The molecule has 2 amide bonds. The zero-order valence-corrected chi connectivity index (χ0v) is 18.1. The molecule has 0 aliphatic carbocycles. The van der Waals surface area contributed by atoms with E-state index in [0.29, 0.717) is 6.54 Å². The number of carbonyl (C=O) groups is 2. The number of carbonyl (C=O) groups excluding carboxylic acids is 2. The number of aromatic nitrogens is 1. The fourth-order valence-corrected chi connectivity index (χ4v) is 4.81. The fraction of sp³-hybridized carbons (Fsp3) is 0.458. The maximum Gasteiger partial charge on any atom is 0.238 e. The Morgan fingerprint density at radius 2 is 1.81 bits per heavy atom. The van der Waals surface area contributed by atoms with Crippen LogP contribution in [-0.4, -0.2) is 61.5 Å². The standard InChI is InChI=1S/C24H31N5O2/c1-25-23(31)24(21-7-2-3-13-26-21)12-6-14-28(18-24)17-22(30)27-19-8-10-20(11-9-19)29-15-4-5-16-29/h2-3,7-11,13H,4-6,12,14-18H2,1H3,(H,25,31)(H,27,30). The molecule has 2 N–H and O–H groups in total. The van der Waals surface area contributed by atoms with Crippen molar-refractivity contribution in [2.24, 2.45) is 0 Å². The van der Waals surface area contributed by atoms with Crippen LogP contribution in [0.1, 0.15) is 31.4 Å². The van der Waals surface area contributed by atoms with Gasteiger partial charge in [-0.25, -0.2) is 0 Å². The van der Waals surface area contributed by atoms with Crippen molar-refractivity contribution < 1.29 is 9.59 Å². The number of hydrogen-bond acceptors (Lipinski definition) is 5. The van der Waals surface area contributed by atoms with Crippen LogP contribution in [0.3, 0.4) is 0 Å². The number of piperidine rings is 1. The van der Waals surface area contributed by atoms with Crippen LogP contribution in [0.4, 0.5) is 11.4 Å². The summed E-state index contributed by atoms with van der Waals surface area (Å²) in [7, 11) is 1.66. The van der Waals surface area contributed by atoms with Crippen LogP contribution in [0, 0.1) is 0 Å². The minimum Gasteiger partial charge on any atom is -0.372 e. The van der Waals surface area contributed by atoms with E-state index in [9.17, 15) is 9.59 Å². The lowest BCUT2D eigenvalue weighted by Crippen LogP contribution is -2.55. The van der Waals surface area contributed by atoms with Crippen LogP contribution in [0.2, 0.25) is 0 Å². The van der Waals surface area contributed by atoms with Crippen molar-refractivity contribution in [3.8, 4) is 0 Å². The molecule has 1 atom stereocenters. The number of rotatable bonds is 6. The van der Waals surface area contributed by atoms with Crippen molar-refractivity contribution in [1.29, 1.82) is 0 Å². The van der Waals surface area contributed by atoms with Crippen LogP contribution < -0.4 is 15.5 Å². The number of benzene rings is 1. The lowest BCUT2D eigenvalue weighted by Gasteiger charge is -2.40. The van der Waals surface area contributed by atoms with E-state index in [1.165, 1.54) is 18.5 Å². The van der Waals surface area contributed by atoms with Gasteiger partial charge in [-0.1, -0.05) is 6.07 Å². The van der Waals surface area contributed by atoms with E-state index >= 15 is 0 Å². The average Bonchev–Trinajstić information content (AvgIpc) is 3.34. The van der Waals surface area contributed by atoms with E-state index in [0.717, 1.165) is 43.9 Å². The Kier molecular flexibility index (Phi) is 6.51. The molecule has 3 heterocycles. The van der Waals surface area contributed by atoms with Crippen LogP contribution >= 0.6 is 0 Å². The van der Waals surface area contributed by atoms with E-state index in [1.54, 1.807) is 13.2 Å². The summed E-state index contributed by atoms with van der Waals surface area (Å²) in [5.74, 6) is -0.114. The van der Waals surface area contributed by atoms with E-state index in [1.807, 2.05) is 30.3 Å². The summed E-state index contributed by atoms with van der Waals surface area (Å²) in [6.07, 6.45) is 5.76. The lowest BCUT2D eigenvalue weighted by atomic mass is 9.75. The summed E-state index contributed by atoms with van der Waals surface area (Å²) in [5, 5.41) is 5.81. The topological polar surface area (TPSA) is 77.6 Å². The van der Waals surface area contributed by atoms with Crippen LogP contribution in [0.5, 0.6) is 0 Å². The van der Waals surface area contributed by atoms with Gasteiger partial charge in [-0.15, -0.1) is 0 Å². The molecule has 1 aromatic carbocycles. The van der Waals surface area contributed by atoms with Gasteiger partial charge in [-0.05, 0) is 68.6 Å². The molecule has 2 fully saturated rings. The van der Waals surface area contributed by atoms with Gasteiger partial charge in [0, 0.05) is 44.3 Å². The molecule has 2 aliphatic rings. The number of nitrogens with zero attached hydrogens (tertiary/aromatic N) is 3. The van der Waals surface area contributed by atoms with Gasteiger partial charge in [0.05, 0.1) is 12.2 Å². The molecular formula is C24H31N5O2. The van der Waals surface area contributed by atoms with Gasteiger partial charge in [0.1, 0.15) is 5.41 Å². The summed E-state index contributed by atoms with van der Waals surface area (Å²) < 4.78 is 0. The highest BCUT2D eigenvalue weighted by atomic mass is 16.2. The van der Waals surface area contributed by atoms with E-state index < -0.39 is 5.41 Å². The van der Waals surface area contributed by atoms with Gasteiger partial charge in [0.2, 0.25) is 11.8 Å². The van der Waals surface area contributed by atoms with Crippen molar-refractivity contribution in [2.45, 2.75) is 31.1 Å². The second-order valence-electron chi connectivity index (χ2n) is 8.48. The first-order chi connectivity index (χ1) is 15.1. The van der Waals surface area contributed by atoms with Gasteiger partial charge in [0.15, 0.2) is 0 Å². The molecule has 164 valence electrons. The molecule has 0 spiro atoms. The molecule has 7 heteroatoms. The number of amides is 2. The Labute approximate surface area is 183 Å². The molecule has 1 unspecified atom stereocenters. The fourth-order valence-electron chi connectivity index (χ4n) is 4.81. The summed E-state index contributed by atoms with van der Waals surface area (Å²) in [6.45, 7) is 3.71. The predicted octanol–water partition coefficient (Wildman–Crippen LogP) is 2.40. The van der Waals surface area contributed by atoms with Gasteiger partial charge >= 0.3 is 0 Å². The van der Waals surface area contributed by atoms with E-state index in [4.69, 9.17) is 0 Å². The number of nitrogens with one attached hydrogen (secondary N) is 2. The molecule has 2 saturated heterocycles. The highest BCUT2D eigenvalue weighted by Crippen LogP contribution is 2.33. The second kappa shape index (κ2) is 9.47. The van der Waals surface area contributed by atoms with Gasteiger partial charge < -0.3 is 15.5 Å². The average molecular weight is 422 g/mol. The molecule has 0 radical (unpaired) electrons. The Morgan fingerprint density at radius 3 is 2.48 bits per heavy atom. The zero-order chi connectivity index (χ0) is 21.7. The maximum atomic E-state index is 12.9. The molecule has 2 aromatic rings. The molecular weight excluding hydrogens is 390 g/mol. The third-order valence-electron chi connectivity index (χ3n) is 6.38. The molecule has 31 heavy (non-hydrogen) atoms. The van der Waals surface area contributed by atoms with Gasteiger partial charge in [-0.3, -0.25) is 19.5 Å². The third-order valence-corrected chi connectivity index (χ3v) is 6.38. The summed E-state index contributed by atoms with van der Waals surface area (Å²) in [4.78, 5) is 34.5. The third kappa shape index (κ3) is 4.71. The normalized spacial score (nSPS) is 21.6. The number of likely N-dealkylation sites (N-methyl/N-ethyl adjacent to an activating group) is 1. The Bertz CT molecular complexity index is 896. The van der Waals surface area contributed by atoms with Crippen molar-refractivity contribution in [1.82, 2.24) is 15.2 Å². The highest BCUT2D eigenvalue weighted by Gasteiger charge is 2.44. The maximum absolute atomic E-state index is 12.9. The van der Waals surface area contributed by atoms with E-state index in [-0.39, 0.29) is 18.4 Å². The first kappa shape index (κ1) is 21.3.